The number of fused-ring (bicyclic) bond motifs is 1. The lowest BCUT2D eigenvalue weighted by molar-refractivity contribution is 0.477. The molecule has 0 saturated heterocycles. The van der Waals surface area contributed by atoms with Gasteiger partial charge in [0.05, 0.1) is 17.6 Å². The van der Waals surface area contributed by atoms with Crippen molar-refractivity contribution in [2.75, 3.05) is 20.1 Å². The summed E-state index contributed by atoms with van der Waals surface area (Å²) < 4.78 is 3.98. The number of hydrogen-bond acceptors (Lipinski definition) is 3. The summed E-state index contributed by atoms with van der Waals surface area (Å²) in [4.78, 5) is 11.7. The first-order chi connectivity index (χ1) is 15.1. The van der Waals surface area contributed by atoms with Crippen LogP contribution in [0.25, 0.3) is 11.3 Å². The third-order valence-corrected chi connectivity index (χ3v) is 5.13. The second-order valence-corrected chi connectivity index (χ2v) is 7.62. The van der Waals surface area contributed by atoms with Gasteiger partial charge in [0.25, 0.3) is 0 Å². The summed E-state index contributed by atoms with van der Waals surface area (Å²) >= 11 is 0. The first kappa shape index (κ1) is 23.8. The largest absolute Gasteiger partial charge is 0.357 e. The Labute approximate surface area is 206 Å². The summed E-state index contributed by atoms with van der Waals surface area (Å²) in [6.45, 7) is 6.40. The van der Waals surface area contributed by atoms with E-state index < -0.39 is 0 Å². The summed E-state index contributed by atoms with van der Waals surface area (Å²) in [7, 11) is 2.05. The van der Waals surface area contributed by atoms with Crippen molar-refractivity contribution in [2.24, 2.45) is 4.99 Å². The van der Waals surface area contributed by atoms with E-state index in [-0.39, 0.29) is 24.0 Å². The molecule has 0 aliphatic heterocycles. The van der Waals surface area contributed by atoms with Crippen LogP contribution in [0.15, 0.2) is 72.2 Å². The van der Waals surface area contributed by atoms with Crippen molar-refractivity contribution in [1.29, 1.82) is 0 Å². The molecule has 4 aromatic rings. The van der Waals surface area contributed by atoms with Crippen molar-refractivity contribution in [2.45, 2.75) is 26.8 Å². The van der Waals surface area contributed by atoms with Crippen LogP contribution in [0.5, 0.6) is 0 Å². The predicted octanol–water partition coefficient (Wildman–Crippen LogP) is 4.09. The molecule has 0 bridgehead atoms. The Kier molecular flexibility index (Phi) is 8.26. The van der Waals surface area contributed by atoms with E-state index in [0.717, 1.165) is 48.1 Å². The van der Waals surface area contributed by atoms with Gasteiger partial charge >= 0.3 is 0 Å². The lowest BCUT2D eigenvalue weighted by Gasteiger charge is -2.21. The van der Waals surface area contributed by atoms with Crippen molar-refractivity contribution in [3.05, 3.63) is 84.1 Å². The Morgan fingerprint density at radius 3 is 2.69 bits per heavy atom. The highest BCUT2D eigenvalue weighted by atomic mass is 127. The van der Waals surface area contributed by atoms with Gasteiger partial charge in [0.2, 0.25) is 0 Å². The van der Waals surface area contributed by atoms with Crippen LogP contribution in [0.4, 0.5) is 0 Å². The van der Waals surface area contributed by atoms with Gasteiger partial charge in [-0.2, -0.15) is 5.10 Å². The van der Waals surface area contributed by atoms with E-state index in [0.29, 0.717) is 6.54 Å². The molecule has 1 N–H and O–H groups in total. The minimum Gasteiger partial charge on any atom is -0.357 e. The summed E-state index contributed by atoms with van der Waals surface area (Å²) in [5.74, 6) is 0.884. The van der Waals surface area contributed by atoms with Gasteiger partial charge < -0.3 is 14.6 Å². The highest BCUT2D eigenvalue weighted by molar-refractivity contribution is 14.0. The number of hydrogen-bond donors (Lipinski definition) is 1. The fourth-order valence-corrected chi connectivity index (χ4v) is 3.58. The maximum Gasteiger partial charge on any atom is 0.193 e. The van der Waals surface area contributed by atoms with Crippen molar-refractivity contribution >= 4 is 35.6 Å². The van der Waals surface area contributed by atoms with E-state index in [1.165, 1.54) is 5.56 Å². The second-order valence-electron chi connectivity index (χ2n) is 7.62. The number of pyridine rings is 1. The smallest absolute Gasteiger partial charge is 0.193 e. The molecule has 3 aromatic heterocycles. The Balaban J connectivity index is 0.00000289. The van der Waals surface area contributed by atoms with Crippen LogP contribution < -0.4 is 5.32 Å². The number of aromatic nitrogens is 4. The molecule has 0 amide bonds. The third-order valence-electron chi connectivity index (χ3n) is 5.13. The van der Waals surface area contributed by atoms with E-state index >= 15 is 0 Å². The Hall–Kier alpha value is -2.88. The molecule has 7 nitrogen and oxygen atoms in total. The average Bonchev–Trinajstić information content (AvgIpc) is 3.41. The minimum atomic E-state index is 0. The summed E-state index contributed by atoms with van der Waals surface area (Å²) in [5.41, 5.74) is 5.44. The van der Waals surface area contributed by atoms with Gasteiger partial charge in [0.15, 0.2) is 5.96 Å². The minimum absolute atomic E-state index is 0. The van der Waals surface area contributed by atoms with Crippen LogP contribution in [0.2, 0.25) is 0 Å². The third kappa shape index (κ3) is 5.67. The molecule has 8 heteroatoms. The Bertz CT molecular complexity index is 1160. The first-order valence-electron chi connectivity index (χ1n) is 10.7. The molecule has 168 valence electrons. The SMILES string of the molecule is CCNC(=NCCc1cn2cccc(C)c2n1)N(C)Cc1cnn(-c2ccccc2)c1.I. The van der Waals surface area contributed by atoms with Gasteiger partial charge in [0.1, 0.15) is 5.65 Å². The van der Waals surface area contributed by atoms with Crippen LogP contribution in [-0.4, -0.2) is 50.2 Å². The van der Waals surface area contributed by atoms with Crippen molar-refractivity contribution < 1.29 is 0 Å². The molecule has 0 fully saturated rings. The summed E-state index contributed by atoms with van der Waals surface area (Å²) in [6.07, 6.45) is 8.90. The van der Waals surface area contributed by atoms with Crippen molar-refractivity contribution in [3.8, 4) is 5.69 Å². The van der Waals surface area contributed by atoms with Gasteiger partial charge in [-0.25, -0.2) is 9.67 Å². The molecule has 1 aromatic carbocycles. The molecule has 3 heterocycles. The van der Waals surface area contributed by atoms with Crippen molar-refractivity contribution in [1.82, 2.24) is 29.4 Å². The normalized spacial score (nSPS) is 11.4. The molecular weight excluding hydrogens is 513 g/mol. The number of halogens is 1. The molecule has 0 spiro atoms. The summed E-state index contributed by atoms with van der Waals surface area (Å²) in [5, 5.41) is 7.88. The Morgan fingerprint density at radius 2 is 1.94 bits per heavy atom. The summed E-state index contributed by atoms with van der Waals surface area (Å²) in [6, 6.07) is 14.3. The van der Waals surface area contributed by atoms with Crippen LogP contribution in [-0.2, 0) is 13.0 Å². The zero-order valence-electron chi connectivity index (χ0n) is 18.8. The molecule has 0 aliphatic carbocycles. The molecule has 0 atom stereocenters. The van der Waals surface area contributed by atoms with Gasteiger partial charge in [0, 0.05) is 57.3 Å². The van der Waals surface area contributed by atoms with Crippen LogP contribution in [0.1, 0.15) is 23.7 Å². The number of nitrogens with one attached hydrogen (secondary N) is 1. The van der Waals surface area contributed by atoms with E-state index in [2.05, 4.69) is 59.1 Å². The fourth-order valence-electron chi connectivity index (χ4n) is 3.58. The highest BCUT2D eigenvalue weighted by Crippen LogP contribution is 2.11. The van der Waals surface area contributed by atoms with E-state index in [4.69, 9.17) is 9.98 Å². The number of nitrogens with zero attached hydrogens (tertiary/aromatic N) is 6. The molecule has 0 saturated carbocycles. The number of rotatable bonds is 7. The number of aryl methyl sites for hydroxylation is 1. The van der Waals surface area contributed by atoms with Crippen LogP contribution in [0.3, 0.4) is 0 Å². The number of guanidine groups is 1. The maximum absolute atomic E-state index is 4.82. The van der Waals surface area contributed by atoms with E-state index in [9.17, 15) is 0 Å². The first-order valence-corrected chi connectivity index (χ1v) is 10.7. The predicted molar refractivity (Wildman–Crippen MR) is 140 cm³/mol. The lowest BCUT2D eigenvalue weighted by atomic mass is 10.3. The Morgan fingerprint density at radius 1 is 1.12 bits per heavy atom. The topological polar surface area (TPSA) is 62.8 Å². The van der Waals surface area contributed by atoms with Crippen LogP contribution >= 0.6 is 24.0 Å². The van der Waals surface area contributed by atoms with Crippen LogP contribution in [0, 0.1) is 6.92 Å². The molecule has 0 aliphatic rings. The quantitative estimate of drug-likeness (QED) is 0.217. The van der Waals surface area contributed by atoms with Gasteiger partial charge in [-0.05, 0) is 37.6 Å². The number of aliphatic imine (C=N–C) groups is 1. The maximum atomic E-state index is 4.82. The molecular formula is C24H30IN7. The number of benzene rings is 1. The highest BCUT2D eigenvalue weighted by Gasteiger charge is 2.09. The van der Waals surface area contributed by atoms with Crippen molar-refractivity contribution in [3.63, 3.8) is 0 Å². The van der Waals surface area contributed by atoms with Gasteiger partial charge in [-0.3, -0.25) is 4.99 Å². The average molecular weight is 543 g/mol. The molecule has 0 radical (unpaired) electrons. The zero-order valence-corrected chi connectivity index (χ0v) is 21.1. The molecule has 4 rings (SSSR count). The molecule has 32 heavy (non-hydrogen) atoms. The second kappa shape index (κ2) is 11.1. The zero-order chi connectivity index (χ0) is 21.6. The number of para-hydroxylation sites is 1. The van der Waals surface area contributed by atoms with Gasteiger partial charge in [-0.1, -0.05) is 24.3 Å². The fraction of sp³-hybridized carbons (Fsp3) is 0.292. The standard InChI is InChI=1S/C24H29N7.HI/c1-4-25-24(26-13-12-21-18-30-14-8-9-19(2)23(30)28-21)29(3)16-20-15-27-31(17-20)22-10-6-5-7-11-22;/h5-11,14-15,17-18H,4,12-13,16H2,1-3H3,(H,25,26);1H. The van der Waals surface area contributed by atoms with E-state index in [1.807, 2.05) is 53.5 Å². The van der Waals surface area contributed by atoms with Gasteiger partial charge in [-0.15, -0.1) is 24.0 Å². The monoisotopic (exact) mass is 543 g/mol. The van der Waals surface area contributed by atoms with E-state index in [1.54, 1.807) is 0 Å². The lowest BCUT2D eigenvalue weighted by Crippen LogP contribution is -2.38. The number of imidazole rings is 1. The molecule has 0 unspecified atom stereocenters.